The highest BCUT2D eigenvalue weighted by atomic mass is 32.2. The summed E-state index contributed by atoms with van der Waals surface area (Å²) in [5.74, 6) is -2.58. The number of nitrogens with zero attached hydrogens (tertiary/aromatic N) is 1. The molecule has 1 aromatic carbocycles. The lowest BCUT2D eigenvalue weighted by molar-refractivity contribution is -0.129. The minimum Gasteiger partial charge on any atom is -0.342 e. The van der Waals surface area contributed by atoms with Crippen LogP contribution >= 0.6 is 0 Å². The molecule has 2 amide bonds. The van der Waals surface area contributed by atoms with Gasteiger partial charge in [-0.25, -0.2) is 12.8 Å². The third-order valence-corrected chi connectivity index (χ3v) is 5.35. The van der Waals surface area contributed by atoms with E-state index in [9.17, 15) is 22.4 Å². The highest BCUT2D eigenvalue weighted by Crippen LogP contribution is 2.16. The predicted octanol–water partition coefficient (Wildman–Crippen LogP) is 1.44. The highest BCUT2D eigenvalue weighted by Gasteiger charge is 2.26. The number of sulfone groups is 1. The zero-order valence-corrected chi connectivity index (χ0v) is 14.3. The second kappa shape index (κ2) is 7.74. The highest BCUT2D eigenvalue weighted by molar-refractivity contribution is 7.92. The Morgan fingerprint density at radius 2 is 1.75 bits per heavy atom. The molecule has 132 valence electrons. The lowest BCUT2D eigenvalue weighted by atomic mass is 9.99. The van der Waals surface area contributed by atoms with Crippen LogP contribution in [-0.2, 0) is 19.4 Å². The fourth-order valence-corrected chi connectivity index (χ4v) is 3.65. The van der Waals surface area contributed by atoms with Crippen molar-refractivity contribution in [2.75, 3.05) is 29.9 Å². The van der Waals surface area contributed by atoms with Gasteiger partial charge >= 0.3 is 0 Å². The van der Waals surface area contributed by atoms with Crippen molar-refractivity contribution in [3.63, 3.8) is 0 Å². The van der Waals surface area contributed by atoms with E-state index >= 15 is 0 Å². The zero-order chi connectivity index (χ0) is 17.7. The molecular weight excluding hydrogens is 335 g/mol. The van der Waals surface area contributed by atoms with Gasteiger partial charge in [-0.05, 0) is 43.0 Å². The Balaban J connectivity index is 1.87. The first kappa shape index (κ1) is 18.4. The topological polar surface area (TPSA) is 83.6 Å². The van der Waals surface area contributed by atoms with E-state index in [0.717, 1.165) is 25.0 Å². The van der Waals surface area contributed by atoms with E-state index in [1.165, 1.54) is 17.0 Å². The van der Waals surface area contributed by atoms with E-state index in [0.29, 0.717) is 24.7 Å². The number of amides is 2. The van der Waals surface area contributed by atoms with Crippen LogP contribution in [0.15, 0.2) is 24.3 Å². The molecule has 24 heavy (non-hydrogen) atoms. The summed E-state index contributed by atoms with van der Waals surface area (Å²) in [4.78, 5) is 25.4. The number of nitrogens with one attached hydrogen (secondary N) is 1. The van der Waals surface area contributed by atoms with Gasteiger partial charge in [0.25, 0.3) is 0 Å². The van der Waals surface area contributed by atoms with Crippen LogP contribution in [0, 0.1) is 11.7 Å². The molecule has 0 unspecified atom stereocenters. The predicted molar refractivity (Wildman–Crippen MR) is 88.7 cm³/mol. The van der Waals surface area contributed by atoms with Crippen LogP contribution < -0.4 is 5.32 Å². The van der Waals surface area contributed by atoms with Gasteiger partial charge < -0.3 is 10.2 Å². The van der Waals surface area contributed by atoms with Gasteiger partial charge in [0, 0.05) is 18.8 Å². The molecule has 6 nitrogen and oxygen atoms in total. The number of piperidine rings is 1. The average Bonchev–Trinajstić information content (AvgIpc) is 2.49. The molecule has 0 aromatic heterocycles. The first-order chi connectivity index (χ1) is 11.2. The number of rotatable bonds is 5. The van der Waals surface area contributed by atoms with Gasteiger partial charge in [0.15, 0.2) is 9.84 Å². The largest absolute Gasteiger partial charge is 0.342 e. The smallest absolute Gasteiger partial charge is 0.239 e. The Morgan fingerprint density at radius 3 is 2.33 bits per heavy atom. The molecule has 1 fully saturated rings. The van der Waals surface area contributed by atoms with Crippen molar-refractivity contribution in [2.45, 2.75) is 19.8 Å². The Kier molecular flexibility index (Phi) is 5.93. The molecule has 1 heterocycles. The molecule has 1 aliphatic heterocycles. The van der Waals surface area contributed by atoms with Gasteiger partial charge in [-0.2, -0.15) is 0 Å². The number of hydrogen-bond donors (Lipinski definition) is 1. The number of carbonyl (C=O) groups is 2. The standard InChI is InChI=1S/C16H21FN2O4S/c1-12-6-8-19(9-7-12)16(21)11-24(22,23)10-15(20)18-14-4-2-13(17)3-5-14/h2-5,12H,6-11H2,1H3,(H,18,20). The van der Waals surface area contributed by atoms with E-state index in [1.54, 1.807) is 0 Å². The monoisotopic (exact) mass is 356 g/mol. The molecule has 8 heteroatoms. The fourth-order valence-electron chi connectivity index (χ4n) is 2.52. The molecule has 0 radical (unpaired) electrons. The average molecular weight is 356 g/mol. The second-order valence-corrected chi connectivity index (χ2v) is 8.22. The van der Waals surface area contributed by atoms with Crippen molar-refractivity contribution in [1.29, 1.82) is 0 Å². The van der Waals surface area contributed by atoms with Crippen molar-refractivity contribution in [1.82, 2.24) is 4.90 Å². The van der Waals surface area contributed by atoms with E-state index in [2.05, 4.69) is 12.2 Å². The van der Waals surface area contributed by atoms with Gasteiger partial charge in [0.2, 0.25) is 11.8 Å². The van der Waals surface area contributed by atoms with Crippen molar-refractivity contribution in [3.05, 3.63) is 30.1 Å². The van der Waals surface area contributed by atoms with Gasteiger partial charge in [-0.3, -0.25) is 9.59 Å². The summed E-state index contributed by atoms with van der Waals surface area (Å²) >= 11 is 0. The summed E-state index contributed by atoms with van der Waals surface area (Å²) in [5, 5.41) is 2.37. The zero-order valence-electron chi connectivity index (χ0n) is 13.5. The van der Waals surface area contributed by atoms with Crippen molar-refractivity contribution >= 4 is 27.3 Å². The summed E-state index contributed by atoms with van der Waals surface area (Å²) in [6.07, 6.45) is 1.72. The van der Waals surface area contributed by atoms with Gasteiger partial charge in [-0.1, -0.05) is 6.92 Å². The molecule has 0 saturated carbocycles. The van der Waals surface area contributed by atoms with Crippen LogP contribution in [0.4, 0.5) is 10.1 Å². The third-order valence-electron chi connectivity index (χ3n) is 3.96. The minimum atomic E-state index is -3.85. The Bertz CT molecular complexity index is 695. The molecule has 0 aliphatic carbocycles. The number of halogens is 1. The summed E-state index contributed by atoms with van der Waals surface area (Å²) in [5.41, 5.74) is 0.299. The molecule has 0 spiro atoms. The van der Waals surface area contributed by atoms with E-state index in [-0.39, 0.29) is 0 Å². The molecule has 1 saturated heterocycles. The van der Waals surface area contributed by atoms with Crippen LogP contribution in [0.2, 0.25) is 0 Å². The van der Waals surface area contributed by atoms with Crippen LogP contribution in [-0.4, -0.2) is 49.7 Å². The van der Waals surface area contributed by atoms with E-state index < -0.39 is 39.0 Å². The summed E-state index contributed by atoms with van der Waals surface area (Å²) < 4.78 is 36.9. The maximum absolute atomic E-state index is 12.8. The molecule has 0 bridgehead atoms. The maximum Gasteiger partial charge on any atom is 0.239 e. The summed E-state index contributed by atoms with van der Waals surface area (Å²) in [6.45, 7) is 3.20. The molecule has 2 rings (SSSR count). The number of likely N-dealkylation sites (tertiary alicyclic amines) is 1. The van der Waals surface area contributed by atoms with Crippen molar-refractivity contribution < 1.29 is 22.4 Å². The van der Waals surface area contributed by atoms with Crippen LogP contribution in [0.3, 0.4) is 0 Å². The molecule has 0 atom stereocenters. The lowest BCUT2D eigenvalue weighted by Gasteiger charge is -2.30. The van der Waals surface area contributed by atoms with Crippen LogP contribution in [0.25, 0.3) is 0 Å². The van der Waals surface area contributed by atoms with Gasteiger partial charge in [0.05, 0.1) is 0 Å². The Labute approximate surface area is 140 Å². The number of hydrogen-bond acceptors (Lipinski definition) is 4. The number of benzene rings is 1. The Hall–Kier alpha value is -1.96. The second-order valence-electron chi connectivity index (χ2n) is 6.15. The summed E-state index contributed by atoms with van der Waals surface area (Å²) in [7, 11) is -3.85. The number of anilines is 1. The molecule has 1 aromatic rings. The van der Waals surface area contributed by atoms with Crippen LogP contribution in [0.5, 0.6) is 0 Å². The molecule has 1 aliphatic rings. The quantitative estimate of drug-likeness (QED) is 0.865. The minimum absolute atomic E-state index is 0.299. The van der Waals surface area contributed by atoms with Crippen LogP contribution in [0.1, 0.15) is 19.8 Å². The van der Waals surface area contributed by atoms with E-state index in [1.807, 2.05) is 0 Å². The molecular formula is C16H21FN2O4S. The van der Waals surface area contributed by atoms with Gasteiger partial charge in [-0.15, -0.1) is 0 Å². The molecule has 1 N–H and O–H groups in total. The third kappa shape index (κ3) is 5.59. The fraction of sp³-hybridized carbons (Fsp3) is 0.500. The summed E-state index contributed by atoms with van der Waals surface area (Å²) in [6, 6.07) is 4.98. The SMILES string of the molecule is CC1CCN(C(=O)CS(=O)(=O)CC(=O)Nc2ccc(F)cc2)CC1. The van der Waals surface area contributed by atoms with E-state index in [4.69, 9.17) is 0 Å². The number of carbonyl (C=O) groups excluding carboxylic acids is 2. The first-order valence-corrected chi connectivity index (χ1v) is 9.61. The maximum atomic E-state index is 12.8. The van der Waals surface area contributed by atoms with Crippen molar-refractivity contribution in [3.8, 4) is 0 Å². The first-order valence-electron chi connectivity index (χ1n) is 7.79. The van der Waals surface area contributed by atoms with Gasteiger partial charge in [0.1, 0.15) is 17.3 Å². The van der Waals surface area contributed by atoms with Crippen molar-refractivity contribution in [2.24, 2.45) is 5.92 Å². The Morgan fingerprint density at radius 1 is 1.17 bits per heavy atom. The normalized spacial score (nSPS) is 16.0. The lowest BCUT2D eigenvalue weighted by Crippen LogP contribution is -2.42.